The Morgan fingerprint density at radius 3 is 2.26 bits per heavy atom. The smallest absolute Gasteiger partial charge is 0.231 e. The van der Waals surface area contributed by atoms with E-state index < -0.39 is 5.43 Å². The second kappa shape index (κ2) is 6.87. The molecule has 2 aromatic carbocycles. The van der Waals surface area contributed by atoms with Gasteiger partial charge in [0.1, 0.15) is 0 Å². The minimum absolute atomic E-state index is 0.302. The summed E-state index contributed by atoms with van der Waals surface area (Å²) >= 11 is 0. The van der Waals surface area contributed by atoms with Gasteiger partial charge in [-0.15, -0.1) is 0 Å². The van der Waals surface area contributed by atoms with Gasteiger partial charge in [-0.25, -0.2) is 0 Å². The van der Waals surface area contributed by atoms with Crippen LogP contribution in [0.3, 0.4) is 0 Å². The fourth-order valence-corrected chi connectivity index (χ4v) is 3.63. The van der Waals surface area contributed by atoms with E-state index >= 15 is 0 Å². The first-order valence-corrected chi connectivity index (χ1v) is 8.98. The Morgan fingerprint density at radius 2 is 1.63 bits per heavy atom. The zero-order chi connectivity index (χ0) is 19.0. The van der Waals surface area contributed by atoms with E-state index in [0.29, 0.717) is 28.1 Å². The van der Waals surface area contributed by atoms with Crippen LogP contribution in [0, 0.1) is 0 Å². The van der Waals surface area contributed by atoms with E-state index in [0.717, 1.165) is 24.3 Å². The lowest BCUT2D eigenvalue weighted by Crippen LogP contribution is -2.17. The average molecular weight is 366 g/mol. The molecular formula is C21H22N2O4. The fraction of sp³-hybridized carbons (Fsp3) is 0.286. The highest BCUT2D eigenvalue weighted by Gasteiger charge is 2.17. The molecule has 1 aliphatic rings. The van der Waals surface area contributed by atoms with E-state index in [4.69, 9.17) is 9.47 Å². The Labute approximate surface area is 157 Å². The Hall–Kier alpha value is -3.15. The number of hydrogen-bond donors (Lipinski definition) is 2. The maximum absolute atomic E-state index is 12.7. The second-order valence-electron chi connectivity index (χ2n) is 6.67. The molecule has 0 radical (unpaired) electrons. The lowest BCUT2D eigenvalue weighted by atomic mass is 10.1. The normalized spacial score (nSPS) is 13.9. The molecule has 140 valence electrons. The van der Waals surface area contributed by atoms with Crippen molar-refractivity contribution < 1.29 is 14.6 Å². The number of nitrogens with one attached hydrogen (secondary N) is 1. The molecule has 2 heterocycles. The molecule has 0 atom stereocenters. The van der Waals surface area contributed by atoms with Gasteiger partial charge in [0.25, 0.3) is 0 Å². The van der Waals surface area contributed by atoms with E-state index in [9.17, 15) is 9.90 Å². The molecule has 1 saturated heterocycles. The van der Waals surface area contributed by atoms with Crippen LogP contribution in [0.5, 0.6) is 17.2 Å². The van der Waals surface area contributed by atoms with Crippen molar-refractivity contribution in [1.29, 1.82) is 0 Å². The first-order chi connectivity index (χ1) is 13.1. The molecule has 0 bridgehead atoms. The minimum atomic E-state index is -0.441. The van der Waals surface area contributed by atoms with E-state index in [-0.39, 0.29) is 5.75 Å². The Morgan fingerprint density at radius 1 is 1.00 bits per heavy atom. The van der Waals surface area contributed by atoms with Crippen molar-refractivity contribution >= 4 is 16.6 Å². The molecule has 3 aromatic rings. The van der Waals surface area contributed by atoms with Crippen LogP contribution in [-0.4, -0.2) is 37.4 Å². The van der Waals surface area contributed by atoms with Gasteiger partial charge in [-0.3, -0.25) is 4.79 Å². The van der Waals surface area contributed by atoms with Crippen molar-refractivity contribution in [2.45, 2.75) is 12.8 Å². The van der Waals surface area contributed by atoms with Gasteiger partial charge in [0.2, 0.25) is 5.43 Å². The molecule has 0 saturated carbocycles. The van der Waals surface area contributed by atoms with E-state index in [1.807, 2.05) is 24.3 Å². The Balaban J connectivity index is 1.81. The zero-order valence-electron chi connectivity index (χ0n) is 15.4. The number of H-pyrrole nitrogens is 1. The highest BCUT2D eigenvalue weighted by atomic mass is 16.5. The quantitative estimate of drug-likeness (QED) is 0.739. The van der Waals surface area contributed by atoms with Gasteiger partial charge in [-0.1, -0.05) is 12.1 Å². The van der Waals surface area contributed by atoms with Crippen LogP contribution >= 0.6 is 0 Å². The lowest BCUT2D eigenvalue weighted by molar-refractivity contribution is 0.355. The molecule has 2 N–H and O–H groups in total. The van der Waals surface area contributed by atoms with Crippen LogP contribution in [0.2, 0.25) is 0 Å². The maximum atomic E-state index is 12.7. The number of ether oxygens (including phenoxy) is 2. The van der Waals surface area contributed by atoms with Crippen LogP contribution in [0.15, 0.2) is 41.2 Å². The van der Waals surface area contributed by atoms with Gasteiger partial charge in [0.05, 0.1) is 30.8 Å². The number of fused-ring (bicyclic) bond motifs is 1. The average Bonchev–Trinajstić information content (AvgIpc) is 3.25. The summed E-state index contributed by atoms with van der Waals surface area (Å²) in [5.41, 5.74) is 2.44. The number of aromatic nitrogens is 1. The third-order valence-corrected chi connectivity index (χ3v) is 5.11. The SMILES string of the molecule is COc1cc2[nH]c(-c3ccc(N4CCCC4)cc3)c(O)c(=O)c2cc1OC. The predicted octanol–water partition coefficient (Wildman–Crippen LogP) is 3.52. The van der Waals surface area contributed by atoms with Gasteiger partial charge in [-0.2, -0.15) is 0 Å². The zero-order valence-corrected chi connectivity index (χ0v) is 15.4. The molecule has 4 rings (SSSR count). The predicted molar refractivity (Wildman–Crippen MR) is 106 cm³/mol. The van der Waals surface area contributed by atoms with Crippen molar-refractivity contribution in [1.82, 2.24) is 4.98 Å². The molecule has 1 aliphatic heterocycles. The molecule has 0 amide bonds. The number of methoxy groups -OCH3 is 2. The van der Waals surface area contributed by atoms with Gasteiger partial charge < -0.3 is 24.5 Å². The van der Waals surface area contributed by atoms with E-state index in [1.165, 1.54) is 20.0 Å². The maximum Gasteiger partial charge on any atom is 0.231 e. The van der Waals surface area contributed by atoms with Crippen molar-refractivity contribution in [3.05, 3.63) is 46.6 Å². The van der Waals surface area contributed by atoms with E-state index in [2.05, 4.69) is 9.88 Å². The summed E-state index contributed by atoms with van der Waals surface area (Å²) in [5, 5.41) is 10.8. The number of pyridine rings is 1. The molecule has 0 spiro atoms. The van der Waals surface area contributed by atoms with Gasteiger partial charge >= 0.3 is 0 Å². The number of hydrogen-bond acceptors (Lipinski definition) is 5. The molecule has 0 aliphatic carbocycles. The van der Waals surface area contributed by atoms with Gasteiger partial charge in [0.15, 0.2) is 17.2 Å². The topological polar surface area (TPSA) is 74.8 Å². The lowest BCUT2D eigenvalue weighted by Gasteiger charge is -2.18. The van der Waals surface area contributed by atoms with Crippen molar-refractivity contribution in [2.24, 2.45) is 0 Å². The first kappa shape index (κ1) is 17.3. The molecule has 27 heavy (non-hydrogen) atoms. The molecule has 1 aromatic heterocycles. The van der Waals surface area contributed by atoms with Crippen LogP contribution < -0.4 is 19.8 Å². The largest absolute Gasteiger partial charge is 0.503 e. The Bertz CT molecular complexity index is 1030. The second-order valence-corrected chi connectivity index (χ2v) is 6.67. The van der Waals surface area contributed by atoms with Gasteiger partial charge in [-0.05, 0) is 31.0 Å². The number of aromatic amines is 1. The van der Waals surface area contributed by atoms with Crippen LogP contribution in [-0.2, 0) is 0 Å². The number of anilines is 1. The number of aromatic hydroxyl groups is 1. The number of benzene rings is 2. The Kier molecular flexibility index (Phi) is 4.39. The monoisotopic (exact) mass is 366 g/mol. The first-order valence-electron chi connectivity index (χ1n) is 8.98. The fourth-order valence-electron chi connectivity index (χ4n) is 3.63. The molecule has 0 unspecified atom stereocenters. The van der Waals surface area contributed by atoms with Gasteiger partial charge in [0, 0.05) is 30.4 Å². The van der Waals surface area contributed by atoms with Crippen molar-refractivity contribution in [2.75, 3.05) is 32.2 Å². The summed E-state index contributed by atoms with van der Waals surface area (Å²) in [6.07, 6.45) is 2.43. The molecule has 6 nitrogen and oxygen atoms in total. The van der Waals surface area contributed by atoms with Crippen molar-refractivity contribution in [3.63, 3.8) is 0 Å². The number of nitrogens with zero attached hydrogens (tertiary/aromatic N) is 1. The highest BCUT2D eigenvalue weighted by Crippen LogP contribution is 2.34. The molecule has 6 heteroatoms. The third-order valence-electron chi connectivity index (χ3n) is 5.11. The summed E-state index contributed by atoms with van der Waals surface area (Å²) in [6, 6.07) is 11.2. The van der Waals surface area contributed by atoms with Crippen LogP contribution in [0.1, 0.15) is 12.8 Å². The molecule has 1 fully saturated rings. The molecular weight excluding hydrogens is 344 g/mol. The van der Waals surface area contributed by atoms with Crippen LogP contribution in [0.4, 0.5) is 5.69 Å². The summed E-state index contributed by atoms with van der Waals surface area (Å²) in [7, 11) is 3.05. The minimum Gasteiger partial charge on any atom is -0.503 e. The number of rotatable bonds is 4. The highest BCUT2D eigenvalue weighted by molar-refractivity contribution is 5.87. The standard InChI is InChI=1S/C21H22N2O4/c1-26-17-11-15-16(12-18(17)27-2)22-19(21(25)20(15)24)13-5-7-14(8-6-13)23-9-3-4-10-23/h5-8,11-12,25H,3-4,9-10H2,1-2H3,(H,22,24). The summed E-state index contributed by atoms with van der Waals surface area (Å²) < 4.78 is 10.6. The van der Waals surface area contributed by atoms with E-state index in [1.54, 1.807) is 19.2 Å². The summed E-state index contributed by atoms with van der Waals surface area (Å²) in [4.78, 5) is 18.2. The third kappa shape index (κ3) is 2.97. The van der Waals surface area contributed by atoms with Crippen LogP contribution in [0.25, 0.3) is 22.2 Å². The summed E-state index contributed by atoms with van der Waals surface area (Å²) in [5.74, 6) is 0.655. The summed E-state index contributed by atoms with van der Waals surface area (Å²) in [6.45, 7) is 2.14. The van der Waals surface area contributed by atoms with Crippen molar-refractivity contribution in [3.8, 4) is 28.5 Å².